The van der Waals surface area contributed by atoms with E-state index in [1.54, 1.807) is 6.08 Å². The molecule has 0 heterocycles. The summed E-state index contributed by atoms with van der Waals surface area (Å²) in [4.78, 5) is 0. The van der Waals surface area contributed by atoms with Crippen LogP contribution in [0.2, 0.25) is 0 Å². The Labute approximate surface area is 63.4 Å². The summed E-state index contributed by atoms with van der Waals surface area (Å²) >= 11 is 0. The van der Waals surface area contributed by atoms with Crippen molar-refractivity contribution in [2.75, 3.05) is 6.61 Å². The van der Waals surface area contributed by atoms with Gasteiger partial charge in [-0.05, 0) is 5.92 Å². The first kappa shape index (κ1) is 9.28. The van der Waals surface area contributed by atoms with Crippen molar-refractivity contribution in [2.45, 2.75) is 20.3 Å². The molecule has 0 atom stereocenters. The van der Waals surface area contributed by atoms with E-state index in [0.29, 0.717) is 12.5 Å². The zero-order valence-electron chi connectivity index (χ0n) is 6.89. The van der Waals surface area contributed by atoms with Crippen molar-refractivity contribution in [2.24, 2.45) is 5.92 Å². The van der Waals surface area contributed by atoms with Crippen LogP contribution < -0.4 is 0 Å². The third-order valence-corrected chi connectivity index (χ3v) is 1.04. The molecule has 0 bridgehead atoms. The van der Waals surface area contributed by atoms with Crippen LogP contribution in [0.5, 0.6) is 0 Å². The van der Waals surface area contributed by atoms with E-state index in [2.05, 4.69) is 27.0 Å². The Bertz CT molecular complexity index is 114. The molecule has 0 spiro atoms. The molecule has 0 fully saturated rings. The minimum Gasteiger partial charge on any atom is -0.495 e. The van der Waals surface area contributed by atoms with Crippen molar-refractivity contribution in [3.63, 3.8) is 0 Å². The maximum absolute atomic E-state index is 5.19. The Balaban J connectivity index is 3.34. The number of allylic oxidation sites excluding steroid dienone is 1. The van der Waals surface area contributed by atoms with Crippen LogP contribution >= 0.6 is 0 Å². The van der Waals surface area contributed by atoms with E-state index in [1.807, 2.05) is 0 Å². The molecule has 0 aromatic heterocycles. The van der Waals surface area contributed by atoms with Crippen LogP contribution in [-0.2, 0) is 4.74 Å². The molecule has 10 heavy (non-hydrogen) atoms. The van der Waals surface area contributed by atoms with E-state index in [1.165, 1.54) is 0 Å². The zero-order chi connectivity index (χ0) is 7.98. The van der Waals surface area contributed by atoms with Crippen molar-refractivity contribution >= 4 is 0 Å². The lowest BCUT2D eigenvalue weighted by Gasteiger charge is -2.08. The Morgan fingerprint density at radius 2 is 2.20 bits per heavy atom. The molecule has 0 rings (SSSR count). The molecule has 0 unspecified atom stereocenters. The minimum absolute atomic E-state index is 0.575. The predicted octanol–water partition coefficient (Wildman–Crippen LogP) is 2.75. The van der Waals surface area contributed by atoms with Gasteiger partial charge < -0.3 is 4.74 Å². The molecule has 0 radical (unpaired) electrons. The lowest BCUT2D eigenvalue weighted by Crippen LogP contribution is -1.95. The van der Waals surface area contributed by atoms with Crippen LogP contribution in [0.25, 0.3) is 0 Å². The van der Waals surface area contributed by atoms with Gasteiger partial charge in [-0.25, -0.2) is 0 Å². The lowest BCUT2D eigenvalue weighted by molar-refractivity contribution is 0.229. The molecule has 0 saturated heterocycles. The quantitative estimate of drug-likeness (QED) is 0.421. The topological polar surface area (TPSA) is 9.23 Å². The summed E-state index contributed by atoms with van der Waals surface area (Å²) in [5.74, 6) is 1.48. The van der Waals surface area contributed by atoms with Gasteiger partial charge in [0.15, 0.2) is 0 Å². The molecule has 0 aliphatic carbocycles. The fraction of sp³-hybridized carbons (Fsp3) is 0.556. The molecule has 0 N–H and O–H groups in total. The second-order valence-corrected chi connectivity index (χ2v) is 2.74. The minimum atomic E-state index is 0.575. The van der Waals surface area contributed by atoms with E-state index >= 15 is 0 Å². The van der Waals surface area contributed by atoms with Gasteiger partial charge in [0.1, 0.15) is 6.61 Å². The average molecular weight is 140 g/mol. The normalized spacial score (nSPS) is 9.50. The SMILES string of the molecule is C=CCOC(=C)CC(C)C. The molecular weight excluding hydrogens is 124 g/mol. The van der Waals surface area contributed by atoms with Crippen LogP contribution in [0.1, 0.15) is 20.3 Å². The van der Waals surface area contributed by atoms with Gasteiger partial charge in [-0.1, -0.05) is 33.1 Å². The van der Waals surface area contributed by atoms with E-state index in [-0.39, 0.29) is 0 Å². The van der Waals surface area contributed by atoms with E-state index in [4.69, 9.17) is 4.74 Å². The number of hydrogen-bond donors (Lipinski definition) is 0. The highest BCUT2D eigenvalue weighted by Gasteiger charge is 1.97. The van der Waals surface area contributed by atoms with Gasteiger partial charge in [-0.3, -0.25) is 0 Å². The molecule has 0 aliphatic rings. The van der Waals surface area contributed by atoms with Crippen molar-refractivity contribution in [1.82, 2.24) is 0 Å². The van der Waals surface area contributed by atoms with Gasteiger partial charge in [0, 0.05) is 6.42 Å². The van der Waals surface area contributed by atoms with Gasteiger partial charge in [0.2, 0.25) is 0 Å². The second-order valence-electron chi connectivity index (χ2n) is 2.74. The molecular formula is C9H16O. The van der Waals surface area contributed by atoms with Crippen molar-refractivity contribution in [3.8, 4) is 0 Å². The monoisotopic (exact) mass is 140 g/mol. The fourth-order valence-corrected chi connectivity index (χ4v) is 0.691. The van der Waals surface area contributed by atoms with Crippen LogP contribution in [-0.4, -0.2) is 6.61 Å². The molecule has 0 aromatic rings. The number of hydrogen-bond acceptors (Lipinski definition) is 1. The number of ether oxygens (including phenoxy) is 1. The summed E-state index contributed by atoms with van der Waals surface area (Å²) in [6.45, 7) is 12.2. The van der Waals surface area contributed by atoms with Gasteiger partial charge >= 0.3 is 0 Å². The van der Waals surface area contributed by atoms with Gasteiger partial charge in [-0.15, -0.1) is 0 Å². The Morgan fingerprint density at radius 1 is 1.60 bits per heavy atom. The van der Waals surface area contributed by atoms with Gasteiger partial charge in [0.05, 0.1) is 5.76 Å². The molecule has 0 aliphatic heterocycles. The predicted molar refractivity (Wildman–Crippen MR) is 44.7 cm³/mol. The third-order valence-electron chi connectivity index (χ3n) is 1.04. The van der Waals surface area contributed by atoms with Crippen LogP contribution in [0.4, 0.5) is 0 Å². The molecule has 1 nitrogen and oxygen atoms in total. The highest BCUT2D eigenvalue weighted by molar-refractivity contribution is 4.84. The summed E-state index contributed by atoms with van der Waals surface area (Å²) in [6, 6.07) is 0. The zero-order valence-corrected chi connectivity index (χ0v) is 6.89. The van der Waals surface area contributed by atoms with Crippen LogP contribution in [0.15, 0.2) is 25.0 Å². The third kappa shape index (κ3) is 5.42. The van der Waals surface area contributed by atoms with E-state index < -0.39 is 0 Å². The fourth-order valence-electron chi connectivity index (χ4n) is 0.691. The maximum atomic E-state index is 5.19. The first-order chi connectivity index (χ1) is 4.66. The maximum Gasteiger partial charge on any atom is 0.106 e. The summed E-state index contributed by atoms with van der Waals surface area (Å²) < 4.78 is 5.19. The summed E-state index contributed by atoms with van der Waals surface area (Å²) in [5.41, 5.74) is 0. The standard InChI is InChI=1S/C9H16O/c1-5-6-10-9(4)7-8(2)3/h5,8H,1,4,6-7H2,2-3H3. The lowest BCUT2D eigenvalue weighted by atomic mass is 10.1. The Kier molecular flexibility index (Phi) is 4.73. The van der Waals surface area contributed by atoms with E-state index in [0.717, 1.165) is 12.2 Å². The van der Waals surface area contributed by atoms with Crippen molar-refractivity contribution in [1.29, 1.82) is 0 Å². The van der Waals surface area contributed by atoms with Crippen LogP contribution in [0.3, 0.4) is 0 Å². The van der Waals surface area contributed by atoms with Crippen molar-refractivity contribution < 1.29 is 4.74 Å². The average Bonchev–Trinajstić information content (AvgIpc) is 1.82. The molecule has 0 saturated carbocycles. The first-order valence-electron chi connectivity index (χ1n) is 3.58. The summed E-state index contributed by atoms with van der Waals surface area (Å²) in [7, 11) is 0. The summed E-state index contributed by atoms with van der Waals surface area (Å²) in [6.07, 6.45) is 2.67. The molecule has 1 heteroatoms. The van der Waals surface area contributed by atoms with Gasteiger partial charge in [-0.2, -0.15) is 0 Å². The van der Waals surface area contributed by atoms with Gasteiger partial charge in [0.25, 0.3) is 0 Å². The highest BCUT2D eigenvalue weighted by Crippen LogP contribution is 2.08. The molecule has 58 valence electrons. The highest BCUT2D eigenvalue weighted by atomic mass is 16.5. The smallest absolute Gasteiger partial charge is 0.106 e. The molecule has 0 amide bonds. The number of rotatable bonds is 5. The Morgan fingerprint density at radius 3 is 2.60 bits per heavy atom. The van der Waals surface area contributed by atoms with E-state index in [9.17, 15) is 0 Å². The molecule has 0 aromatic carbocycles. The Hall–Kier alpha value is -0.720. The summed E-state index contributed by atoms with van der Waals surface area (Å²) in [5, 5.41) is 0. The first-order valence-corrected chi connectivity index (χ1v) is 3.58. The van der Waals surface area contributed by atoms with Crippen molar-refractivity contribution in [3.05, 3.63) is 25.0 Å². The largest absolute Gasteiger partial charge is 0.495 e. The van der Waals surface area contributed by atoms with Crippen LogP contribution in [0, 0.1) is 5.92 Å². The second kappa shape index (κ2) is 5.10.